The number of methoxy groups -OCH3 is 2. The van der Waals surface area contributed by atoms with E-state index < -0.39 is 31.8 Å². The van der Waals surface area contributed by atoms with Gasteiger partial charge >= 0.3 is 11.9 Å². The summed E-state index contributed by atoms with van der Waals surface area (Å²) in [6.07, 6.45) is 0. The number of sulfonamides is 1. The monoisotopic (exact) mass is 538 g/mol. The van der Waals surface area contributed by atoms with Gasteiger partial charge in [0.05, 0.1) is 46.8 Å². The van der Waals surface area contributed by atoms with Crippen molar-refractivity contribution in [1.82, 2.24) is 4.31 Å². The number of aryl methyl sites for hydroxylation is 1. The molecule has 0 spiro atoms. The minimum atomic E-state index is -4.21. The van der Waals surface area contributed by atoms with Gasteiger partial charge in [-0.3, -0.25) is 0 Å². The lowest BCUT2D eigenvalue weighted by Gasteiger charge is -2.32. The van der Waals surface area contributed by atoms with Gasteiger partial charge in [0.2, 0.25) is 19.9 Å². The molecule has 0 bridgehead atoms. The molecule has 3 rings (SSSR count). The van der Waals surface area contributed by atoms with Crippen molar-refractivity contribution in [3.05, 3.63) is 59.3 Å². The quantitative estimate of drug-likeness (QED) is 0.477. The fourth-order valence-electron chi connectivity index (χ4n) is 3.48. The molecule has 0 saturated carbocycles. The molecule has 0 fully saturated rings. The molecule has 0 atom stereocenters. The molecule has 0 radical (unpaired) electrons. The Kier molecular flexibility index (Phi) is 7.88. The van der Waals surface area contributed by atoms with Gasteiger partial charge in [0.25, 0.3) is 0 Å². The number of carbonyl (C=O) groups is 2. The van der Waals surface area contributed by atoms with E-state index in [2.05, 4.69) is 0 Å². The third kappa shape index (κ3) is 5.00. The van der Waals surface area contributed by atoms with Crippen LogP contribution in [-0.2, 0) is 43.7 Å². The van der Waals surface area contributed by atoms with Gasteiger partial charge in [0.15, 0.2) is 0 Å². The molecule has 1 heterocycles. The van der Waals surface area contributed by atoms with Crippen LogP contribution in [0.15, 0.2) is 68.4 Å². The fourth-order valence-corrected chi connectivity index (χ4v) is 5.85. The van der Waals surface area contributed by atoms with Crippen molar-refractivity contribution in [3.63, 3.8) is 0 Å². The molecule has 0 aliphatic carbocycles. The second-order valence-electron chi connectivity index (χ2n) is 7.95. The number of sulfone groups is 1. The Hall–Kier alpha value is -3.26. The van der Waals surface area contributed by atoms with E-state index in [1.54, 1.807) is 19.1 Å². The summed E-state index contributed by atoms with van der Waals surface area (Å²) >= 11 is 0. The highest BCUT2D eigenvalue weighted by atomic mass is 32.2. The zero-order valence-corrected chi connectivity index (χ0v) is 22.0. The molecule has 11 nitrogen and oxygen atoms in total. The van der Waals surface area contributed by atoms with Crippen molar-refractivity contribution in [2.24, 2.45) is 0 Å². The number of hydrogen-bond donors (Lipinski definition) is 0. The van der Waals surface area contributed by atoms with Gasteiger partial charge in [-0.2, -0.15) is 0 Å². The zero-order valence-electron chi connectivity index (χ0n) is 20.3. The van der Waals surface area contributed by atoms with E-state index in [0.717, 1.165) is 47.2 Å². The van der Waals surface area contributed by atoms with Crippen LogP contribution >= 0.6 is 0 Å². The van der Waals surface area contributed by atoms with Crippen LogP contribution < -0.4 is 4.90 Å². The molecule has 194 valence electrons. The minimum absolute atomic E-state index is 0.0488. The number of ether oxygens (including phenoxy) is 3. The molecule has 36 heavy (non-hydrogen) atoms. The highest BCUT2D eigenvalue weighted by molar-refractivity contribution is 7.91. The average Bonchev–Trinajstić information content (AvgIpc) is 2.87. The predicted molar refractivity (Wildman–Crippen MR) is 128 cm³/mol. The first kappa shape index (κ1) is 27.3. The first-order valence-corrected chi connectivity index (χ1v) is 13.4. The van der Waals surface area contributed by atoms with Gasteiger partial charge in [-0.25, -0.2) is 30.7 Å². The molecule has 2 aromatic rings. The summed E-state index contributed by atoms with van der Waals surface area (Å²) in [6.45, 7) is 1.13. The smallest absolute Gasteiger partial charge is 0.355 e. The SMILES string of the molecule is COC(=O)C1=C(C(=O)OC)N(c2cc(S(=O)(=O)N(C)C)ccc2S(=O)(=O)c2ccc(C)cc2)COC1. The highest BCUT2D eigenvalue weighted by Gasteiger charge is 2.36. The number of carbonyl (C=O) groups excluding carboxylic acids is 2. The molecule has 0 unspecified atom stereocenters. The second kappa shape index (κ2) is 10.4. The summed E-state index contributed by atoms with van der Waals surface area (Å²) in [5, 5.41) is 0. The Bertz CT molecular complexity index is 1430. The first-order valence-electron chi connectivity index (χ1n) is 10.5. The second-order valence-corrected chi connectivity index (χ2v) is 12.0. The van der Waals surface area contributed by atoms with E-state index in [1.165, 1.54) is 26.2 Å². The van der Waals surface area contributed by atoms with E-state index in [9.17, 15) is 26.4 Å². The van der Waals surface area contributed by atoms with Crippen molar-refractivity contribution in [1.29, 1.82) is 0 Å². The number of esters is 2. The summed E-state index contributed by atoms with van der Waals surface area (Å²) in [5.74, 6) is -1.85. The molecule has 1 aliphatic rings. The normalized spacial score (nSPS) is 14.7. The van der Waals surface area contributed by atoms with Gasteiger partial charge < -0.3 is 19.1 Å². The summed E-state index contributed by atoms with van der Waals surface area (Å²) in [5.41, 5.74) is 0.107. The number of hydrogen-bond acceptors (Lipinski definition) is 10. The van der Waals surface area contributed by atoms with Crippen LogP contribution in [0.4, 0.5) is 5.69 Å². The van der Waals surface area contributed by atoms with E-state index >= 15 is 0 Å². The van der Waals surface area contributed by atoms with Gasteiger partial charge in [0.1, 0.15) is 12.4 Å². The number of benzene rings is 2. The maximum atomic E-state index is 13.7. The summed E-state index contributed by atoms with van der Waals surface area (Å²) in [4.78, 5) is 25.7. The minimum Gasteiger partial charge on any atom is -0.466 e. The fraction of sp³-hybridized carbons (Fsp3) is 0.304. The van der Waals surface area contributed by atoms with Crippen LogP contribution in [0.5, 0.6) is 0 Å². The Labute approximate surface area is 209 Å². The molecular weight excluding hydrogens is 512 g/mol. The van der Waals surface area contributed by atoms with E-state index in [0.29, 0.717) is 0 Å². The first-order chi connectivity index (χ1) is 16.9. The molecule has 0 saturated heterocycles. The van der Waals surface area contributed by atoms with E-state index in [4.69, 9.17) is 14.2 Å². The van der Waals surface area contributed by atoms with Gasteiger partial charge in [-0.15, -0.1) is 0 Å². The standard InChI is InChI=1S/C23H26N2O9S2/c1-15-6-8-16(9-7-15)35(28,29)20-11-10-17(36(30,31)24(2)3)12-19(20)25-14-34-13-18(22(26)32-4)21(25)23(27)33-5/h6-12H,13-14H2,1-5H3. The Morgan fingerprint density at radius 2 is 1.50 bits per heavy atom. The number of rotatable bonds is 7. The third-order valence-electron chi connectivity index (χ3n) is 5.45. The molecule has 1 aliphatic heterocycles. The predicted octanol–water partition coefficient (Wildman–Crippen LogP) is 1.47. The van der Waals surface area contributed by atoms with Crippen LogP contribution in [0.25, 0.3) is 0 Å². The van der Waals surface area contributed by atoms with E-state index in [-0.39, 0.29) is 45.0 Å². The topological polar surface area (TPSA) is 137 Å². The zero-order chi connectivity index (χ0) is 26.8. The largest absolute Gasteiger partial charge is 0.466 e. The van der Waals surface area contributed by atoms with Crippen LogP contribution in [0, 0.1) is 6.92 Å². The molecule has 0 amide bonds. The van der Waals surface area contributed by atoms with Crippen molar-refractivity contribution in [3.8, 4) is 0 Å². The Balaban J connectivity index is 2.38. The van der Waals surface area contributed by atoms with Crippen LogP contribution in [0.3, 0.4) is 0 Å². The third-order valence-corrected chi connectivity index (χ3v) is 9.08. The highest BCUT2D eigenvalue weighted by Crippen LogP contribution is 2.37. The summed E-state index contributed by atoms with van der Waals surface area (Å²) in [6, 6.07) is 9.50. The van der Waals surface area contributed by atoms with Crippen LogP contribution in [0.2, 0.25) is 0 Å². The molecule has 2 aromatic carbocycles. The average molecular weight is 539 g/mol. The lowest BCUT2D eigenvalue weighted by molar-refractivity contribution is -0.140. The molecule has 0 aromatic heterocycles. The van der Waals surface area contributed by atoms with Crippen LogP contribution in [-0.4, -0.2) is 74.7 Å². The lowest BCUT2D eigenvalue weighted by Crippen LogP contribution is -2.39. The maximum Gasteiger partial charge on any atom is 0.355 e. The van der Waals surface area contributed by atoms with Crippen molar-refractivity contribution in [2.45, 2.75) is 21.6 Å². The van der Waals surface area contributed by atoms with Crippen molar-refractivity contribution < 1.29 is 40.6 Å². The van der Waals surface area contributed by atoms with Crippen molar-refractivity contribution >= 4 is 37.5 Å². The van der Waals surface area contributed by atoms with Gasteiger partial charge in [-0.1, -0.05) is 17.7 Å². The molecular formula is C23H26N2O9S2. The number of anilines is 1. The summed E-state index contributed by atoms with van der Waals surface area (Å²) < 4.78 is 69.1. The summed E-state index contributed by atoms with van der Waals surface area (Å²) in [7, 11) is -3.36. The van der Waals surface area contributed by atoms with E-state index in [1.807, 2.05) is 0 Å². The molecule has 13 heteroatoms. The van der Waals surface area contributed by atoms with Crippen molar-refractivity contribution in [2.75, 3.05) is 46.6 Å². The number of nitrogens with zero attached hydrogens (tertiary/aromatic N) is 2. The van der Waals surface area contributed by atoms with Gasteiger partial charge in [0, 0.05) is 14.1 Å². The van der Waals surface area contributed by atoms with Crippen LogP contribution in [0.1, 0.15) is 5.56 Å². The molecule has 0 N–H and O–H groups in total. The van der Waals surface area contributed by atoms with Gasteiger partial charge in [-0.05, 0) is 37.3 Å². The lowest BCUT2D eigenvalue weighted by atomic mass is 10.1. The Morgan fingerprint density at radius 1 is 0.917 bits per heavy atom. The Morgan fingerprint density at radius 3 is 2.06 bits per heavy atom. The maximum absolute atomic E-state index is 13.7.